The summed E-state index contributed by atoms with van der Waals surface area (Å²) in [7, 11) is 0. The van der Waals surface area contributed by atoms with Crippen molar-refractivity contribution in [3.63, 3.8) is 0 Å². The van der Waals surface area contributed by atoms with E-state index in [1.807, 2.05) is 0 Å². The highest BCUT2D eigenvalue weighted by atomic mass is 35.5. The number of rotatable bonds is 5. The molecule has 25 heavy (non-hydrogen) atoms. The van der Waals surface area contributed by atoms with Crippen molar-refractivity contribution in [2.75, 3.05) is 12.3 Å². The molecule has 6 heteroatoms. The first kappa shape index (κ1) is 19.6. The second-order valence-electron chi connectivity index (χ2n) is 7.17. The molecule has 0 radical (unpaired) electrons. The van der Waals surface area contributed by atoms with Crippen molar-refractivity contribution in [2.45, 2.75) is 46.1 Å². The maximum Gasteiger partial charge on any atom is 0.344 e. The molecule has 0 spiro atoms. The number of nitrogen functional groups attached to an aromatic ring is 1. The fourth-order valence-electron chi connectivity index (χ4n) is 3.33. The van der Waals surface area contributed by atoms with Crippen molar-refractivity contribution in [1.82, 2.24) is 0 Å². The number of carbonyl (C=O) groups is 2. The summed E-state index contributed by atoms with van der Waals surface area (Å²) in [5.74, 6) is 0.196. The average molecular weight is 368 g/mol. The lowest BCUT2D eigenvalue weighted by Crippen LogP contribution is -2.36. The van der Waals surface area contributed by atoms with Gasteiger partial charge in [-0.05, 0) is 48.8 Å². The topological polar surface area (TPSA) is 78.6 Å². The van der Waals surface area contributed by atoms with Crippen LogP contribution in [0.15, 0.2) is 18.2 Å². The van der Waals surface area contributed by atoms with Crippen LogP contribution in [0.4, 0.5) is 5.69 Å². The Labute approximate surface area is 153 Å². The first-order chi connectivity index (χ1) is 11.8. The lowest BCUT2D eigenvalue weighted by atomic mass is 9.75. The zero-order valence-electron chi connectivity index (χ0n) is 15.0. The van der Waals surface area contributed by atoms with Crippen LogP contribution < -0.4 is 5.73 Å². The van der Waals surface area contributed by atoms with Crippen LogP contribution in [0, 0.1) is 17.8 Å². The second-order valence-corrected chi connectivity index (χ2v) is 7.57. The maximum absolute atomic E-state index is 12.1. The molecule has 1 aromatic rings. The lowest BCUT2D eigenvalue weighted by molar-refractivity contribution is -0.159. The van der Waals surface area contributed by atoms with Gasteiger partial charge in [0.15, 0.2) is 6.61 Å². The van der Waals surface area contributed by atoms with Crippen LogP contribution >= 0.6 is 11.6 Å². The molecule has 0 aromatic heterocycles. The molecular weight excluding hydrogens is 342 g/mol. The molecule has 1 aliphatic carbocycles. The molecule has 0 bridgehead atoms. The summed E-state index contributed by atoms with van der Waals surface area (Å²) in [6, 6.07) is 4.44. The fourth-order valence-corrected chi connectivity index (χ4v) is 3.45. The summed E-state index contributed by atoms with van der Waals surface area (Å²) in [5, 5.41) is 0.363. The van der Waals surface area contributed by atoms with Crippen LogP contribution in [-0.2, 0) is 14.3 Å². The molecule has 0 saturated heterocycles. The van der Waals surface area contributed by atoms with Gasteiger partial charge in [-0.2, -0.15) is 0 Å². The van der Waals surface area contributed by atoms with Crippen LogP contribution in [0.3, 0.4) is 0 Å². The molecule has 2 N–H and O–H groups in total. The second kappa shape index (κ2) is 8.56. The minimum atomic E-state index is -0.627. The van der Waals surface area contributed by atoms with E-state index in [-0.39, 0.29) is 17.4 Å². The van der Waals surface area contributed by atoms with Gasteiger partial charge in [-0.3, -0.25) is 0 Å². The van der Waals surface area contributed by atoms with Crippen molar-refractivity contribution in [1.29, 1.82) is 0 Å². The number of halogens is 1. The molecule has 2 rings (SSSR count). The minimum Gasteiger partial charge on any atom is -0.460 e. The lowest BCUT2D eigenvalue weighted by Gasteiger charge is -2.36. The third-order valence-electron chi connectivity index (χ3n) is 4.80. The van der Waals surface area contributed by atoms with E-state index < -0.39 is 18.5 Å². The number of esters is 2. The van der Waals surface area contributed by atoms with E-state index in [1.165, 1.54) is 18.2 Å². The summed E-state index contributed by atoms with van der Waals surface area (Å²) in [6.45, 7) is 6.05. The summed E-state index contributed by atoms with van der Waals surface area (Å²) >= 11 is 5.82. The minimum absolute atomic E-state index is 0.110. The van der Waals surface area contributed by atoms with E-state index in [0.717, 1.165) is 19.3 Å². The third kappa shape index (κ3) is 5.36. The van der Waals surface area contributed by atoms with Crippen LogP contribution in [0.2, 0.25) is 5.02 Å². The van der Waals surface area contributed by atoms with Gasteiger partial charge in [0.25, 0.3) is 0 Å². The zero-order valence-corrected chi connectivity index (χ0v) is 15.7. The number of benzene rings is 1. The number of anilines is 1. The Bertz CT molecular complexity index is 632. The van der Waals surface area contributed by atoms with E-state index in [2.05, 4.69) is 20.8 Å². The Kier molecular flexibility index (Phi) is 6.71. The van der Waals surface area contributed by atoms with Crippen LogP contribution in [0.25, 0.3) is 0 Å². The summed E-state index contributed by atoms with van der Waals surface area (Å²) in [5.41, 5.74) is 6.20. The van der Waals surface area contributed by atoms with Gasteiger partial charge in [-0.1, -0.05) is 38.8 Å². The van der Waals surface area contributed by atoms with E-state index in [0.29, 0.717) is 22.8 Å². The number of nitrogens with two attached hydrogens (primary N) is 1. The summed E-state index contributed by atoms with van der Waals surface area (Å²) in [6.07, 6.45) is 2.96. The molecule has 138 valence electrons. The molecule has 1 fully saturated rings. The molecule has 3 atom stereocenters. The molecule has 1 saturated carbocycles. The van der Waals surface area contributed by atoms with E-state index >= 15 is 0 Å². The van der Waals surface area contributed by atoms with Crippen molar-refractivity contribution in [3.8, 4) is 0 Å². The largest absolute Gasteiger partial charge is 0.460 e. The Hall–Kier alpha value is -1.75. The van der Waals surface area contributed by atoms with E-state index in [9.17, 15) is 9.59 Å². The predicted octanol–water partition coefficient (Wildman–Crippen LogP) is 4.08. The Morgan fingerprint density at radius 1 is 1.32 bits per heavy atom. The van der Waals surface area contributed by atoms with Gasteiger partial charge in [-0.15, -0.1) is 0 Å². The third-order valence-corrected chi connectivity index (χ3v) is 5.14. The standard InChI is InChI=1S/C19H26ClNO4/c1-11(2)14-6-4-12(3)8-17(14)25-18(22)10-24-19(23)13-5-7-15(20)16(21)9-13/h5,7,9,11-12,14,17H,4,6,8,10,21H2,1-3H3/t12-,14+,17-/m0/s1. The van der Waals surface area contributed by atoms with Crippen molar-refractivity contribution >= 4 is 29.2 Å². The van der Waals surface area contributed by atoms with Crippen molar-refractivity contribution < 1.29 is 19.1 Å². The van der Waals surface area contributed by atoms with Gasteiger partial charge in [0, 0.05) is 0 Å². The quantitative estimate of drug-likeness (QED) is 0.626. The Balaban J connectivity index is 1.88. The predicted molar refractivity (Wildman–Crippen MR) is 97.4 cm³/mol. The van der Waals surface area contributed by atoms with Gasteiger partial charge < -0.3 is 15.2 Å². The molecule has 0 aliphatic heterocycles. The van der Waals surface area contributed by atoms with E-state index in [1.54, 1.807) is 0 Å². The van der Waals surface area contributed by atoms with Gasteiger partial charge in [0.05, 0.1) is 16.3 Å². The summed E-state index contributed by atoms with van der Waals surface area (Å²) < 4.78 is 10.6. The van der Waals surface area contributed by atoms with Gasteiger partial charge in [0.1, 0.15) is 6.10 Å². The molecular formula is C19H26ClNO4. The number of hydrogen-bond donors (Lipinski definition) is 1. The summed E-state index contributed by atoms with van der Waals surface area (Å²) in [4.78, 5) is 24.1. The highest BCUT2D eigenvalue weighted by Gasteiger charge is 2.33. The SMILES string of the molecule is CC(C)[C@H]1CC[C@H](C)C[C@@H]1OC(=O)COC(=O)c1ccc(Cl)c(N)c1. The smallest absolute Gasteiger partial charge is 0.344 e. The zero-order chi connectivity index (χ0) is 18.6. The Morgan fingerprint density at radius 3 is 2.68 bits per heavy atom. The van der Waals surface area contributed by atoms with Gasteiger partial charge in [0.2, 0.25) is 0 Å². The molecule has 5 nitrogen and oxygen atoms in total. The average Bonchev–Trinajstić information content (AvgIpc) is 2.55. The number of ether oxygens (including phenoxy) is 2. The Morgan fingerprint density at radius 2 is 2.04 bits per heavy atom. The highest BCUT2D eigenvalue weighted by molar-refractivity contribution is 6.33. The number of hydrogen-bond acceptors (Lipinski definition) is 5. The molecule has 1 aliphatic rings. The number of carbonyl (C=O) groups excluding carboxylic acids is 2. The van der Waals surface area contributed by atoms with Gasteiger partial charge in [-0.25, -0.2) is 9.59 Å². The highest BCUT2D eigenvalue weighted by Crippen LogP contribution is 2.35. The monoisotopic (exact) mass is 367 g/mol. The molecule has 0 heterocycles. The fraction of sp³-hybridized carbons (Fsp3) is 0.579. The maximum atomic E-state index is 12.1. The van der Waals surface area contributed by atoms with Crippen molar-refractivity contribution in [2.24, 2.45) is 17.8 Å². The van der Waals surface area contributed by atoms with Gasteiger partial charge >= 0.3 is 11.9 Å². The molecule has 1 aromatic carbocycles. The first-order valence-corrected chi connectivity index (χ1v) is 9.07. The molecule has 0 amide bonds. The van der Waals surface area contributed by atoms with Crippen molar-refractivity contribution in [3.05, 3.63) is 28.8 Å². The van der Waals surface area contributed by atoms with Crippen LogP contribution in [0.5, 0.6) is 0 Å². The normalized spacial score (nSPS) is 23.3. The first-order valence-electron chi connectivity index (χ1n) is 8.69. The van der Waals surface area contributed by atoms with E-state index in [4.69, 9.17) is 26.8 Å². The van der Waals surface area contributed by atoms with Crippen LogP contribution in [-0.4, -0.2) is 24.6 Å². The molecule has 0 unspecified atom stereocenters. The van der Waals surface area contributed by atoms with Crippen LogP contribution in [0.1, 0.15) is 50.4 Å².